The van der Waals surface area contributed by atoms with Crippen molar-refractivity contribution in [2.24, 2.45) is 0 Å². The minimum Gasteiger partial charge on any atom is -0.326 e. The summed E-state index contributed by atoms with van der Waals surface area (Å²) in [7, 11) is 0. The van der Waals surface area contributed by atoms with Crippen LogP contribution in [0.2, 0.25) is 0 Å². The van der Waals surface area contributed by atoms with Crippen LogP contribution in [0.4, 0.5) is 20.0 Å². The van der Waals surface area contributed by atoms with Crippen molar-refractivity contribution >= 4 is 34.1 Å². The van der Waals surface area contributed by atoms with Crippen LogP contribution in [-0.2, 0) is 11.2 Å². The first-order valence-corrected chi connectivity index (χ1v) is 11.3. The largest absolute Gasteiger partial charge is 0.326 e. The van der Waals surface area contributed by atoms with Crippen molar-refractivity contribution in [3.63, 3.8) is 0 Å². The van der Waals surface area contributed by atoms with Crippen LogP contribution in [0.25, 0.3) is 10.6 Å². The lowest BCUT2D eigenvalue weighted by Gasteiger charge is -2.18. The van der Waals surface area contributed by atoms with Crippen LogP contribution in [0.5, 0.6) is 0 Å². The molecule has 4 aromatic rings. The first-order valence-electron chi connectivity index (χ1n) is 10.5. The van der Waals surface area contributed by atoms with Crippen LogP contribution >= 0.6 is 11.3 Å². The average Bonchev–Trinajstić information content (AvgIpc) is 3.33. The molecule has 1 heterocycles. The van der Waals surface area contributed by atoms with Crippen LogP contribution < -0.4 is 16.0 Å². The molecule has 1 unspecified atom stereocenters. The number of hydrogen-bond donors (Lipinski definition) is 3. The van der Waals surface area contributed by atoms with Gasteiger partial charge in [-0.25, -0.2) is 9.18 Å². The zero-order valence-corrected chi connectivity index (χ0v) is 19.1. The fraction of sp³-hybridized carbons (Fsp3) is 0.0800. The Bertz CT molecular complexity index is 1350. The fourth-order valence-electron chi connectivity index (χ4n) is 3.19. The molecule has 0 saturated carbocycles. The Balaban J connectivity index is 1.46. The molecule has 3 N–H and O–H groups in total. The molecule has 0 saturated heterocycles. The predicted molar refractivity (Wildman–Crippen MR) is 131 cm³/mol. The fourth-order valence-corrected chi connectivity index (χ4v) is 3.94. The van der Waals surface area contributed by atoms with E-state index in [1.54, 1.807) is 36.4 Å². The number of carbonyl (C=O) groups excluding carboxylic acids is 2. The minimum absolute atomic E-state index is 0.247. The zero-order chi connectivity index (χ0) is 24.6. The van der Waals surface area contributed by atoms with E-state index in [9.17, 15) is 14.0 Å². The minimum atomic E-state index is -0.908. The SMILES string of the molecule is N#Cc1ccc(NC(=O)NC(Cc2ccccc2)C(=O)Nc2nnc(-c3ccc(F)cc3)s2)cc1. The van der Waals surface area contributed by atoms with Crippen molar-refractivity contribution < 1.29 is 14.0 Å². The van der Waals surface area contributed by atoms with Gasteiger partial charge in [0.1, 0.15) is 16.9 Å². The maximum absolute atomic E-state index is 13.2. The number of aromatic nitrogens is 2. The lowest BCUT2D eigenvalue weighted by atomic mass is 10.1. The second kappa shape index (κ2) is 11.0. The second-order valence-electron chi connectivity index (χ2n) is 7.44. The molecule has 174 valence electrons. The lowest BCUT2D eigenvalue weighted by molar-refractivity contribution is -0.117. The summed E-state index contributed by atoms with van der Waals surface area (Å²) in [5.41, 5.74) is 2.48. The van der Waals surface area contributed by atoms with Gasteiger partial charge in [0.25, 0.3) is 0 Å². The van der Waals surface area contributed by atoms with E-state index in [2.05, 4.69) is 26.1 Å². The molecule has 0 fully saturated rings. The van der Waals surface area contributed by atoms with Crippen molar-refractivity contribution in [1.29, 1.82) is 5.26 Å². The molecule has 3 aromatic carbocycles. The summed E-state index contributed by atoms with van der Waals surface area (Å²) in [5.74, 6) is -0.827. The number of benzene rings is 3. The molecule has 3 amide bonds. The summed E-state index contributed by atoms with van der Waals surface area (Å²) < 4.78 is 13.2. The smallest absolute Gasteiger partial charge is 0.319 e. The van der Waals surface area contributed by atoms with E-state index < -0.39 is 18.0 Å². The number of hydrogen-bond acceptors (Lipinski definition) is 6. The molecule has 35 heavy (non-hydrogen) atoms. The van der Waals surface area contributed by atoms with E-state index in [0.29, 0.717) is 21.8 Å². The predicted octanol–water partition coefficient (Wildman–Crippen LogP) is 4.59. The highest BCUT2D eigenvalue weighted by molar-refractivity contribution is 7.18. The molecule has 0 radical (unpaired) electrons. The van der Waals surface area contributed by atoms with Gasteiger partial charge in [-0.3, -0.25) is 10.1 Å². The van der Waals surface area contributed by atoms with Crippen LogP contribution in [0.15, 0.2) is 78.9 Å². The molecule has 1 aromatic heterocycles. The first-order chi connectivity index (χ1) is 17.0. The van der Waals surface area contributed by atoms with Crippen molar-refractivity contribution in [2.75, 3.05) is 10.6 Å². The Labute approximate surface area is 204 Å². The maximum atomic E-state index is 13.2. The highest BCUT2D eigenvalue weighted by atomic mass is 32.1. The number of amides is 3. The van der Waals surface area contributed by atoms with Gasteiger partial charge in [-0.05, 0) is 54.1 Å². The molecule has 0 spiro atoms. The van der Waals surface area contributed by atoms with Gasteiger partial charge in [0.05, 0.1) is 11.6 Å². The Morgan fingerprint density at radius 2 is 1.66 bits per heavy atom. The highest BCUT2D eigenvalue weighted by Gasteiger charge is 2.23. The number of carbonyl (C=O) groups is 2. The topological polar surface area (TPSA) is 120 Å². The first kappa shape index (κ1) is 23.5. The van der Waals surface area contributed by atoms with E-state index in [1.165, 1.54) is 12.1 Å². The second-order valence-corrected chi connectivity index (χ2v) is 8.42. The Morgan fingerprint density at radius 1 is 0.943 bits per heavy atom. The molecule has 4 rings (SSSR count). The standard InChI is InChI=1S/C25H19FN6O2S/c26-19-10-8-18(9-11-19)23-31-32-25(35-23)30-22(33)21(14-16-4-2-1-3-5-16)29-24(34)28-20-12-6-17(15-27)7-13-20/h1-13,21H,14H2,(H2,28,29,34)(H,30,32,33). The number of nitrogens with zero attached hydrogens (tertiary/aromatic N) is 3. The van der Waals surface area contributed by atoms with E-state index in [0.717, 1.165) is 16.9 Å². The quantitative estimate of drug-likeness (QED) is 0.353. The average molecular weight is 487 g/mol. The Hall–Kier alpha value is -4.62. The third-order valence-corrected chi connectivity index (χ3v) is 5.81. The van der Waals surface area contributed by atoms with Gasteiger partial charge in [-0.2, -0.15) is 5.26 Å². The maximum Gasteiger partial charge on any atom is 0.319 e. The molecule has 0 aliphatic carbocycles. The van der Waals surface area contributed by atoms with Crippen LogP contribution in [0, 0.1) is 17.1 Å². The molecule has 0 aliphatic heterocycles. The lowest BCUT2D eigenvalue weighted by Crippen LogP contribution is -2.46. The van der Waals surface area contributed by atoms with Gasteiger partial charge < -0.3 is 10.6 Å². The van der Waals surface area contributed by atoms with E-state index in [-0.39, 0.29) is 17.4 Å². The van der Waals surface area contributed by atoms with Gasteiger partial charge in [-0.15, -0.1) is 10.2 Å². The third kappa shape index (κ3) is 6.46. The summed E-state index contributed by atoms with van der Waals surface area (Å²) >= 11 is 1.14. The van der Waals surface area contributed by atoms with Crippen molar-refractivity contribution in [3.05, 3.63) is 95.8 Å². The summed E-state index contributed by atoms with van der Waals surface area (Å²) in [4.78, 5) is 25.7. The number of nitrogens with one attached hydrogen (secondary N) is 3. The van der Waals surface area contributed by atoms with Crippen molar-refractivity contribution in [1.82, 2.24) is 15.5 Å². The molecule has 8 nitrogen and oxygen atoms in total. The number of urea groups is 1. The van der Waals surface area contributed by atoms with E-state index in [1.807, 2.05) is 36.4 Å². The molecular weight excluding hydrogens is 467 g/mol. The normalized spacial score (nSPS) is 11.2. The highest BCUT2D eigenvalue weighted by Crippen LogP contribution is 2.26. The van der Waals surface area contributed by atoms with E-state index in [4.69, 9.17) is 5.26 Å². The van der Waals surface area contributed by atoms with Gasteiger partial charge in [0.15, 0.2) is 0 Å². The summed E-state index contributed by atoms with van der Waals surface area (Å²) in [5, 5.41) is 25.8. The van der Waals surface area contributed by atoms with Crippen LogP contribution in [0.1, 0.15) is 11.1 Å². The third-order valence-electron chi connectivity index (χ3n) is 4.92. The van der Waals surface area contributed by atoms with Crippen LogP contribution in [-0.4, -0.2) is 28.2 Å². The molecule has 10 heteroatoms. The van der Waals surface area contributed by atoms with Gasteiger partial charge in [0, 0.05) is 17.7 Å². The van der Waals surface area contributed by atoms with E-state index >= 15 is 0 Å². The zero-order valence-electron chi connectivity index (χ0n) is 18.2. The van der Waals surface area contributed by atoms with Crippen LogP contribution in [0.3, 0.4) is 0 Å². The van der Waals surface area contributed by atoms with Gasteiger partial charge in [0.2, 0.25) is 11.0 Å². The molecule has 0 aliphatic rings. The van der Waals surface area contributed by atoms with Crippen molar-refractivity contribution in [3.8, 4) is 16.6 Å². The number of rotatable bonds is 7. The Morgan fingerprint density at radius 3 is 2.34 bits per heavy atom. The molecular formula is C25H19FN6O2S. The number of halogens is 1. The van der Waals surface area contributed by atoms with Gasteiger partial charge in [-0.1, -0.05) is 41.7 Å². The molecule has 0 bridgehead atoms. The Kier molecular flexibility index (Phi) is 7.40. The summed E-state index contributed by atoms with van der Waals surface area (Å²) in [6.45, 7) is 0. The van der Waals surface area contributed by atoms with Crippen molar-refractivity contribution in [2.45, 2.75) is 12.5 Å². The monoisotopic (exact) mass is 486 g/mol. The number of nitriles is 1. The number of anilines is 2. The summed E-state index contributed by atoms with van der Waals surface area (Å²) in [6, 6.07) is 22.0. The summed E-state index contributed by atoms with van der Waals surface area (Å²) in [6.07, 6.45) is 0.247. The van der Waals surface area contributed by atoms with Gasteiger partial charge >= 0.3 is 6.03 Å². The molecule has 1 atom stereocenters.